The maximum Gasteiger partial charge on any atom is 0.119 e. The second-order valence-corrected chi connectivity index (χ2v) is 5.62. The second kappa shape index (κ2) is 11.8. The van der Waals surface area contributed by atoms with Gasteiger partial charge in [-0.1, -0.05) is 89.4 Å². The van der Waals surface area contributed by atoms with Crippen LogP contribution in [0.4, 0.5) is 0 Å². The van der Waals surface area contributed by atoms with E-state index in [1.54, 1.807) is 0 Å². The van der Waals surface area contributed by atoms with E-state index in [9.17, 15) is 0 Å². The summed E-state index contributed by atoms with van der Waals surface area (Å²) < 4.78 is 5.95. The Morgan fingerprint density at radius 1 is 0.826 bits per heavy atom. The zero-order chi connectivity index (χ0) is 16.9. The molecule has 0 aliphatic heterocycles. The molecule has 0 heterocycles. The van der Waals surface area contributed by atoms with Gasteiger partial charge in [0.25, 0.3) is 0 Å². The van der Waals surface area contributed by atoms with Crippen LogP contribution < -0.4 is 4.74 Å². The Morgan fingerprint density at radius 3 is 2.00 bits per heavy atom. The molecule has 1 atom stereocenters. The van der Waals surface area contributed by atoms with Gasteiger partial charge in [-0.05, 0) is 35.6 Å². The Balaban J connectivity index is 0.00000127. The van der Waals surface area contributed by atoms with E-state index in [1.807, 2.05) is 19.9 Å². The van der Waals surface area contributed by atoms with Crippen molar-refractivity contribution in [2.45, 2.75) is 53.4 Å². The zero-order valence-corrected chi connectivity index (χ0v) is 15.2. The van der Waals surface area contributed by atoms with Gasteiger partial charge in [0.05, 0.1) is 6.61 Å². The van der Waals surface area contributed by atoms with Crippen molar-refractivity contribution in [3.8, 4) is 16.9 Å². The van der Waals surface area contributed by atoms with E-state index in [1.165, 1.54) is 36.8 Å². The van der Waals surface area contributed by atoms with Crippen molar-refractivity contribution in [3.63, 3.8) is 0 Å². The van der Waals surface area contributed by atoms with Crippen molar-refractivity contribution in [1.29, 1.82) is 0 Å². The Morgan fingerprint density at radius 2 is 1.43 bits per heavy atom. The minimum atomic E-state index is 0.679. The van der Waals surface area contributed by atoms with Crippen molar-refractivity contribution in [2.24, 2.45) is 5.92 Å². The molecule has 0 N–H and O–H groups in total. The van der Waals surface area contributed by atoms with Gasteiger partial charge in [0.15, 0.2) is 0 Å². The summed E-state index contributed by atoms with van der Waals surface area (Å²) in [4.78, 5) is 0. The van der Waals surface area contributed by atoms with Gasteiger partial charge in [0, 0.05) is 0 Å². The van der Waals surface area contributed by atoms with Gasteiger partial charge in [0.2, 0.25) is 0 Å². The third kappa shape index (κ3) is 6.90. The third-order valence-electron chi connectivity index (χ3n) is 3.99. The molecule has 0 amide bonds. The number of ether oxygens (including phenoxy) is 1. The van der Waals surface area contributed by atoms with Gasteiger partial charge < -0.3 is 4.74 Å². The lowest BCUT2D eigenvalue weighted by Crippen LogP contribution is -2.11. The Hall–Kier alpha value is -1.76. The molecular formula is C22H32O. The first kappa shape index (κ1) is 19.3. The number of hydrogen-bond acceptors (Lipinski definition) is 1. The predicted octanol–water partition coefficient (Wildman–Crippen LogP) is 6.98. The summed E-state index contributed by atoms with van der Waals surface area (Å²) in [5.74, 6) is 1.66. The molecule has 0 saturated heterocycles. The van der Waals surface area contributed by atoms with Crippen LogP contribution in [0.15, 0.2) is 54.6 Å². The monoisotopic (exact) mass is 312 g/mol. The zero-order valence-electron chi connectivity index (χ0n) is 15.2. The maximum absolute atomic E-state index is 5.95. The summed E-state index contributed by atoms with van der Waals surface area (Å²) >= 11 is 0. The highest BCUT2D eigenvalue weighted by Gasteiger charge is 2.07. The summed E-state index contributed by atoms with van der Waals surface area (Å²) in [6.07, 6.45) is 5.04. The van der Waals surface area contributed by atoms with Crippen LogP contribution in [0.1, 0.15) is 53.4 Å². The normalized spacial score (nSPS) is 11.3. The fourth-order valence-corrected chi connectivity index (χ4v) is 2.49. The van der Waals surface area contributed by atoms with E-state index in [2.05, 4.69) is 62.4 Å². The van der Waals surface area contributed by atoms with Gasteiger partial charge in [-0.3, -0.25) is 0 Å². The Bertz CT molecular complexity index is 501. The fraction of sp³-hybridized carbons (Fsp3) is 0.455. The van der Waals surface area contributed by atoms with Crippen LogP contribution in [0, 0.1) is 5.92 Å². The predicted molar refractivity (Wildman–Crippen MR) is 102 cm³/mol. The van der Waals surface area contributed by atoms with Crippen molar-refractivity contribution in [2.75, 3.05) is 6.61 Å². The summed E-state index contributed by atoms with van der Waals surface area (Å²) in [7, 11) is 0. The fourth-order valence-electron chi connectivity index (χ4n) is 2.49. The molecule has 0 saturated carbocycles. The minimum absolute atomic E-state index is 0.679. The molecule has 23 heavy (non-hydrogen) atoms. The molecule has 0 bridgehead atoms. The van der Waals surface area contributed by atoms with Crippen molar-refractivity contribution in [1.82, 2.24) is 0 Å². The number of hydrogen-bond donors (Lipinski definition) is 0. The van der Waals surface area contributed by atoms with Gasteiger partial charge in [-0.25, -0.2) is 0 Å². The highest BCUT2D eigenvalue weighted by molar-refractivity contribution is 5.63. The molecule has 0 aromatic heterocycles. The van der Waals surface area contributed by atoms with Gasteiger partial charge in [-0.2, -0.15) is 0 Å². The van der Waals surface area contributed by atoms with Gasteiger partial charge >= 0.3 is 0 Å². The van der Waals surface area contributed by atoms with Crippen LogP contribution in [0.2, 0.25) is 0 Å². The Kier molecular flexibility index (Phi) is 9.86. The molecule has 2 aromatic carbocycles. The molecule has 126 valence electrons. The molecule has 1 unspecified atom stereocenters. The molecule has 0 radical (unpaired) electrons. The first-order valence-electron chi connectivity index (χ1n) is 9.11. The summed E-state index contributed by atoms with van der Waals surface area (Å²) in [5.41, 5.74) is 2.49. The summed E-state index contributed by atoms with van der Waals surface area (Å²) in [5, 5.41) is 0. The average Bonchev–Trinajstić information content (AvgIpc) is 2.65. The minimum Gasteiger partial charge on any atom is -0.493 e. The smallest absolute Gasteiger partial charge is 0.119 e. The second-order valence-electron chi connectivity index (χ2n) is 5.62. The van der Waals surface area contributed by atoms with Crippen molar-refractivity contribution in [3.05, 3.63) is 54.6 Å². The first-order valence-corrected chi connectivity index (χ1v) is 9.11. The lowest BCUT2D eigenvalue weighted by Gasteiger charge is -2.15. The van der Waals surface area contributed by atoms with Gasteiger partial charge in [0.1, 0.15) is 5.75 Å². The van der Waals surface area contributed by atoms with Crippen LogP contribution in [-0.4, -0.2) is 6.61 Å². The average molecular weight is 312 g/mol. The molecule has 0 spiro atoms. The van der Waals surface area contributed by atoms with Gasteiger partial charge in [-0.15, -0.1) is 0 Å². The SMILES string of the molecule is CC.CCCCC(CC)COc1ccc(-c2ccccc2)cc1. The molecule has 0 aliphatic carbocycles. The molecule has 2 rings (SSSR count). The van der Waals surface area contributed by atoms with Crippen LogP contribution in [0.5, 0.6) is 5.75 Å². The quantitative estimate of drug-likeness (QED) is 0.511. The highest BCUT2D eigenvalue weighted by atomic mass is 16.5. The van der Waals surface area contributed by atoms with E-state index < -0.39 is 0 Å². The van der Waals surface area contributed by atoms with E-state index in [0.717, 1.165) is 12.4 Å². The van der Waals surface area contributed by atoms with Crippen LogP contribution in [0.25, 0.3) is 11.1 Å². The van der Waals surface area contributed by atoms with E-state index >= 15 is 0 Å². The van der Waals surface area contributed by atoms with Crippen molar-refractivity contribution >= 4 is 0 Å². The first-order chi connectivity index (χ1) is 11.3. The molecule has 0 aliphatic rings. The number of rotatable bonds is 8. The molecule has 1 nitrogen and oxygen atoms in total. The highest BCUT2D eigenvalue weighted by Crippen LogP contribution is 2.23. The van der Waals surface area contributed by atoms with E-state index in [0.29, 0.717) is 5.92 Å². The van der Waals surface area contributed by atoms with Crippen LogP contribution >= 0.6 is 0 Å². The topological polar surface area (TPSA) is 9.23 Å². The summed E-state index contributed by atoms with van der Waals surface area (Å²) in [6, 6.07) is 18.9. The lowest BCUT2D eigenvalue weighted by atomic mass is 10.0. The lowest BCUT2D eigenvalue weighted by molar-refractivity contribution is 0.233. The summed E-state index contributed by atoms with van der Waals surface area (Å²) in [6.45, 7) is 9.33. The van der Waals surface area contributed by atoms with Crippen LogP contribution in [-0.2, 0) is 0 Å². The van der Waals surface area contributed by atoms with Crippen LogP contribution in [0.3, 0.4) is 0 Å². The number of unbranched alkanes of at least 4 members (excludes halogenated alkanes) is 1. The standard InChI is InChI=1S/C20H26O.C2H6/c1-3-5-9-17(4-2)16-21-20-14-12-19(13-15-20)18-10-7-6-8-11-18;1-2/h6-8,10-15,17H,3-5,9,16H2,1-2H3;1-2H3. The molecule has 1 heteroatoms. The largest absolute Gasteiger partial charge is 0.493 e. The van der Waals surface area contributed by atoms with E-state index in [-0.39, 0.29) is 0 Å². The van der Waals surface area contributed by atoms with E-state index in [4.69, 9.17) is 4.74 Å². The Labute approximate surface area is 142 Å². The maximum atomic E-state index is 5.95. The molecule has 0 fully saturated rings. The number of benzene rings is 2. The third-order valence-corrected chi connectivity index (χ3v) is 3.99. The molecule has 2 aromatic rings. The molecular weight excluding hydrogens is 280 g/mol. The van der Waals surface area contributed by atoms with Crippen molar-refractivity contribution < 1.29 is 4.74 Å².